The number of nitrogens with one attached hydrogen (secondary N) is 1. The topological polar surface area (TPSA) is 203 Å². The van der Waals surface area contributed by atoms with Gasteiger partial charge in [-0.3, -0.25) is 13.2 Å². The summed E-state index contributed by atoms with van der Waals surface area (Å²) in [6.45, 7) is -1.91. The van der Waals surface area contributed by atoms with Crippen molar-refractivity contribution >= 4 is 44.0 Å². The van der Waals surface area contributed by atoms with E-state index in [1.807, 2.05) is 5.32 Å². The van der Waals surface area contributed by atoms with Gasteiger partial charge in [-0.05, 0) is 12.8 Å². The van der Waals surface area contributed by atoms with Crippen LogP contribution in [-0.2, 0) is 38.2 Å². The molecule has 1 amide bonds. The first kappa shape index (κ1) is 31.9. The summed E-state index contributed by atoms with van der Waals surface area (Å²) >= 11 is 0. The van der Waals surface area contributed by atoms with Crippen LogP contribution < -0.4 is 15.0 Å². The Morgan fingerprint density at radius 1 is 0.973 bits per heavy atom. The van der Waals surface area contributed by atoms with Gasteiger partial charge in [-0.25, -0.2) is 18.4 Å². The van der Waals surface area contributed by atoms with Gasteiger partial charge in [-0.1, -0.05) is 0 Å². The first-order chi connectivity index (χ1) is 17.0. The fourth-order valence-electron chi connectivity index (χ4n) is 2.83. The Morgan fingerprint density at radius 3 is 1.86 bits per heavy atom. The highest BCUT2D eigenvalue weighted by atomic mass is 32.2. The van der Waals surface area contributed by atoms with Gasteiger partial charge in [0.25, 0.3) is 20.2 Å². The van der Waals surface area contributed by atoms with Gasteiger partial charge in [0, 0.05) is 31.6 Å². The van der Waals surface area contributed by atoms with E-state index in [4.69, 9.17) is 14.9 Å². The second kappa shape index (κ2) is 14.0. The van der Waals surface area contributed by atoms with E-state index >= 15 is 0 Å². The number of halogens is 2. The molecule has 210 valence electrons. The van der Waals surface area contributed by atoms with Crippen molar-refractivity contribution in [2.45, 2.75) is 25.3 Å². The summed E-state index contributed by atoms with van der Waals surface area (Å²) in [7, 11) is -7.78. The average molecular weight is 577 g/mol. The maximum Gasteiger partial charge on any atom is 0.413 e. The van der Waals surface area contributed by atoms with Crippen LogP contribution in [0.4, 0.5) is 19.3 Å². The summed E-state index contributed by atoms with van der Waals surface area (Å²) in [6, 6.07) is -0.360. The summed E-state index contributed by atoms with van der Waals surface area (Å²) in [6.07, 6.45) is -0.550. The molecule has 0 aliphatic rings. The molecule has 0 fully saturated rings. The SMILES string of the molecule is CS(=O)(=O)OCCN(CCOS(C)(=O)=O)c1c(F)cc(OC(=O)N[C@@H](CCCC(=O)O)C(=O)O)cc1F. The van der Waals surface area contributed by atoms with Gasteiger partial charge in [0.1, 0.15) is 17.5 Å². The number of aliphatic carboxylic acids is 2. The van der Waals surface area contributed by atoms with E-state index in [1.165, 1.54) is 0 Å². The molecule has 37 heavy (non-hydrogen) atoms. The minimum Gasteiger partial charge on any atom is -0.481 e. The first-order valence-electron chi connectivity index (χ1n) is 10.3. The number of carbonyl (C=O) groups is 3. The molecule has 0 bridgehead atoms. The minimum absolute atomic E-state index is 0.0769. The monoisotopic (exact) mass is 576 g/mol. The van der Waals surface area contributed by atoms with E-state index in [2.05, 4.69) is 8.37 Å². The Bertz CT molecular complexity index is 1130. The normalized spacial score (nSPS) is 12.5. The molecule has 1 atom stereocenters. The molecule has 0 radical (unpaired) electrons. The van der Waals surface area contributed by atoms with Crippen LogP contribution in [0, 0.1) is 11.6 Å². The van der Waals surface area contributed by atoms with Gasteiger partial charge < -0.3 is 25.2 Å². The zero-order valence-electron chi connectivity index (χ0n) is 19.7. The fraction of sp³-hybridized carbons (Fsp3) is 0.526. The molecule has 0 aliphatic carbocycles. The molecular weight excluding hydrogens is 550 g/mol. The predicted octanol–water partition coefficient (Wildman–Crippen LogP) is 0.520. The van der Waals surface area contributed by atoms with E-state index in [0.717, 1.165) is 17.4 Å². The van der Waals surface area contributed by atoms with Crippen molar-refractivity contribution in [2.24, 2.45) is 0 Å². The van der Waals surface area contributed by atoms with Crippen molar-refractivity contribution in [3.05, 3.63) is 23.8 Å². The summed E-state index contributed by atoms with van der Waals surface area (Å²) in [5.41, 5.74) is -0.737. The standard InChI is InChI=1S/C19H26F2N2O12S2/c1-36(29,30)33-8-6-23(7-9-34-37(2,31)32)17-13(20)10-12(11-14(17)21)35-19(28)22-15(18(26)27)4-3-5-16(24)25/h10-11,15H,3-9H2,1-2H3,(H,22,28)(H,24,25)(H,26,27)/t15-/m0/s1. The smallest absolute Gasteiger partial charge is 0.413 e. The van der Waals surface area contributed by atoms with Crippen LogP contribution in [0.2, 0.25) is 0 Å². The number of carboxylic acid groups (broad SMARTS) is 2. The van der Waals surface area contributed by atoms with E-state index in [-0.39, 0.29) is 19.3 Å². The number of hydrogen-bond acceptors (Lipinski definition) is 11. The van der Waals surface area contributed by atoms with Gasteiger partial charge >= 0.3 is 18.0 Å². The van der Waals surface area contributed by atoms with Crippen LogP contribution in [0.15, 0.2) is 12.1 Å². The summed E-state index contributed by atoms with van der Waals surface area (Å²) in [5.74, 6) is -5.91. The quantitative estimate of drug-likeness (QED) is 0.230. The van der Waals surface area contributed by atoms with Gasteiger partial charge in [-0.2, -0.15) is 16.8 Å². The van der Waals surface area contributed by atoms with Crippen LogP contribution in [0.3, 0.4) is 0 Å². The van der Waals surface area contributed by atoms with Crippen LogP contribution in [0.1, 0.15) is 19.3 Å². The van der Waals surface area contributed by atoms with Crippen molar-refractivity contribution < 1.29 is 63.3 Å². The molecule has 1 aromatic carbocycles. The largest absolute Gasteiger partial charge is 0.481 e. The number of ether oxygens (including phenoxy) is 1. The Labute approximate surface area is 211 Å². The van der Waals surface area contributed by atoms with E-state index in [1.54, 1.807) is 0 Å². The average Bonchev–Trinajstić information content (AvgIpc) is 2.70. The molecule has 0 aromatic heterocycles. The van der Waals surface area contributed by atoms with Gasteiger partial charge in [0.2, 0.25) is 0 Å². The summed E-state index contributed by atoms with van der Waals surface area (Å²) in [4.78, 5) is 34.7. The fourth-order valence-corrected chi connectivity index (χ4v) is 3.58. The molecule has 1 rings (SSSR count). The molecule has 1 aromatic rings. The molecule has 0 aliphatic heterocycles. The van der Waals surface area contributed by atoms with Crippen LogP contribution in [0.5, 0.6) is 5.75 Å². The number of rotatable bonds is 16. The van der Waals surface area contributed by atoms with Crippen molar-refractivity contribution in [1.29, 1.82) is 0 Å². The molecule has 0 heterocycles. The van der Waals surface area contributed by atoms with Gasteiger partial charge in [0.15, 0.2) is 11.6 Å². The van der Waals surface area contributed by atoms with Crippen LogP contribution in [-0.4, -0.2) is 89.9 Å². The molecular formula is C19H26F2N2O12S2. The maximum atomic E-state index is 14.8. The minimum atomic E-state index is -3.89. The first-order valence-corrected chi connectivity index (χ1v) is 14.0. The highest BCUT2D eigenvalue weighted by Crippen LogP contribution is 2.28. The summed E-state index contributed by atoms with van der Waals surface area (Å²) < 4.78 is 88.1. The lowest BCUT2D eigenvalue weighted by molar-refractivity contribution is -0.140. The molecule has 0 saturated carbocycles. The van der Waals surface area contributed by atoms with Crippen molar-refractivity contribution in [1.82, 2.24) is 5.32 Å². The van der Waals surface area contributed by atoms with E-state index in [9.17, 15) is 40.0 Å². The highest BCUT2D eigenvalue weighted by Gasteiger charge is 2.24. The van der Waals surface area contributed by atoms with Crippen molar-refractivity contribution in [2.75, 3.05) is 43.7 Å². The molecule has 14 nitrogen and oxygen atoms in total. The number of amides is 1. The Morgan fingerprint density at radius 2 is 1.46 bits per heavy atom. The number of benzene rings is 1. The number of carbonyl (C=O) groups excluding carboxylic acids is 1. The number of anilines is 1. The zero-order valence-corrected chi connectivity index (χ0v) is 21.3. The Hall–Kier alpha value is -3.09. The zero-order chi connectivity index (χ0) is 28.4. The Balaban J connectivity index is 3.02. The van der Waals surface area contributed by atoms with Gasteiger partial charge in [-0.15, -0.1) is 0 Å². The summed E-state index contributed by atoms with van der Waals surface area (Å²) in [5, 5.41) is 19.7. The lowest BCUT2D eigenvalue weighted by Gasteiger charge is -2.25. The Kier molecular flexibility index (Phi) is 12.1. The van der Waals surface area contributed by atoms with Gasteiger partial charge in [0.05, 0.1) is 25.7 Å². The molecule has 18 heteroatoms. The second-order valence-corrected chi connectivity index (χ2v) is 10.8. The lowest BCUT2D eigenvalue weighted by atomic mass is 10.1. The molecule has 0 saturated heterocycles. The van der Waals surface area contributed by atoms with Crippen molar-refractivity contribution in [3.8, 4) is 5.75 Å². The van der Waals surface area contributed by atoms with Crippen LogP contribution >= 0.6 is 0 Å². The highest BCUT2D eigenvalue weighted by molar-refractivity contribution is 7.86. The van der Waals surface area contributed by atoms with E-state index < -0.39 is 93.7 Å². The molecule has 0 unspecified atom stereocenters. The maximum absolute atomic E-state index is 14.8. The molecule has 3 N–H and O–H groups in total. The predicted molar refractivity (Wildman–Crippen MR) is 122 cm³/mol. The lowest BCUT2D eigenvalue weighted by Crippen LogP contribution is -2.42. The number of nitrogens with zero attached hydrogens (tertiary/aromatic N) is 1. The number of hydrogen-bond donors (Lipinski definition) is 3. The third kappa shape index (κ3) is 13.1. The third-order valence-corrected chi connectivity index (χ3v) is 5.50. The second-order valence-electron chi connectivity index (χ2n) is 7.49. The van der Waals surface area contributed by atoms with Crippen molar-refractivity contribution in [3.63, 3.8) is 0 Å². The molecule has 0 spiro atoms. The third-order valence-electron chi connectivity index (χ3n) is 4.31. The number of carboxylic acids is 2. The van der Waals surface area contributed by atoms with Crippen LogP contribution in [0.25, 0.3) is 0 Å². The van der Waals surface area contributed by atoms with E-state index in [0.29, 0.717) is 12.1 Å².